The van der Waals surface area contributed by atoms with E-state index in [1.54, 1.807) is 0 Å². The molecular weight excluding hydrogens is 1070 g/mol. The number of rotatable bonds is 42. The zero-order valence-corrected chi connectivity index (χ0v) is 53.1. The fraction of sp³-hybridized carbons (Fsp3) is 0.688. The Hall–Kier alpha value is -1.21. The Morgan fingerprint density at radius 2 is 0.521 bits per heavy atom. The second-order valence-corrected chi connectivity index (χ2v) is 24.1. The van der Waals surface area contributed by atoms with Crippen LogP contribution in [0.1, 0.15) is 281 Å². The maximum atomic E-state index is 12.3. The summed E-state index contributed by atoms with van der Waals surface area (Å²) in [6.07, 6.45) is 48.3. The molecule has 0 aliphatic rings. The molecular formula is C64H102BaO6S2. The Morgan fingerprint density at radius 1 is 0.301 bits per heavy atom. The van der Waals surface area contributed by atoms with Gasteiger partial charge in [0.05, 0.1) is 9.79 Å². The van der Waals surface area contributed by atoms with E-state index in [2.05, 4.69) is 39.8 Å². The summed E-state index contributed by atoms with van der Waals surface area (Å²) in [4.78, 5) is 0.0435. The summed E-state index contributed by atoms with van der Waals surface area (Å²) in [5.74, 6) is 0. The van der Waals surface area contributed by atoms with Gasteiger partial charge in [-0.15, -0.1) is 0 Å². The summed E-state index contributed by atoms with van der Waals surface area (Å²) in [5, 5.41) is 2.92. The van der Waals surface area contributed by atoms with Crippen LogP contribution in [-0.2, 0) is 45.9 Å². The van der Waals surface area contributed by atoms with Crippen molar-refractivity contribution in [3.63, 3.8) is 0 Å². The second-order valence-electron chi connectivity index (χ2n) is 21.4. The van der Waals surface area contributed by atoms with Crippen molar-refractivity contribution < 1.29 is 25.9 Å². The molecule has 4 aromatic rings. The van der Waals surface area contributed by atoms with E-state index in [9.17, 15) is 25.9 Å². The van der Waals surface area contributed by atoms with Gasteiger partial charge in [0.2, 0.25) is 0 Å². The molecule has 4 aromatic carbocycles. The van der Waals surface area contributed by atoms with Crippen LogP contribution >= 0.6 is 0 Å². The van der Waals surface area contributed by atoms with Crippen molar-refractivity contribution in [2.75, 3.05) is 0 Å². The molecule has 0 aliphatic heterocycles. The van der Waals surface area contributed by atoms with Crippen LogP contribution in [0.5, 0.6) is 0 Å². The van der Waals surface area contributed by atoms with Gasteiger partial charge in [0, 0.05) is 0 Å². The molecule has 9 heteroatoms. The molecule has 0 fully saturated rings. The van der Waals surface area contributed by atoms with Gasteiger partial charge < -0.3 is 9.11 Å². The molecule has 0 atom stereocenters. The molecule has 0 heterocycles. The van der Waals surface area contributed by atoms with Crippen molar-refractivity contribution in [1.29, 1.82) is 0 Å². The first kappa shape index (κ1) is 67.9. The fourth-order valence-corrected chi connectivity index (χ4v) is 12.5. The van der Waals surface area contributed by atoms with E-state index >= 15 is 0 Å². The predicted molar refractivity (Wildman–Crippen MR) is 313 cm³/mol. The molecule has 0 bridgehead atoms. The van der Waals surface area contributed by atoms with Crippen LogP contribution in [0.15, 0.2) is 70.5 Å². The third-order valence-electron chi connectivity index (χ3n) is 15.0. The quantitative estimate of drug-likeness (QED) is 0.0248. The smallest absolute Gasteiger partial charge is 0.744 e. The van der Waals surface area contributed by atoms with Gasteiger partial charge in [-0.05, 0) is 107 Å². The largest absolute Gasteiger partial charge is 2.00 e. The molecule has 6 nitrogen and oxygen atoms in total. The molecule has 0 N–H and O–H groups in total. The summed E-state index contributed by atoms with van der Waals surface area (Å²) < 4.78 is 73.9. The number of hydrogen-bond acceptors (Lipinski definition) is 6. The van der Waals surface area contributed by atoms with E-state index in [0.29, 0.717) is 34.7 Å². The van der Waals surface area contributed by atoms with Gasteiger partial charge in [0.15, 0.2) is 0 Å². The minimum absolute atomic E-state index is 0. The summed E-state index contributed by atoms with van der Waals surface area (Å²) in [6.45, 7) is 8.98. The van der Waals surface area contributed by atoms with Gasteiger partial charge in [-0.1, -0.05) is 282 Å². The first-order valence-electron chi connectivity index (χ1n) is 29.9. The first-order chi connectivity index (χ1) is 34.9. The molecule has 0 spiro atoms. The van der Waals surface area contributed by atoms with Crippen molar-refractivity contribution in [1.82, 2.24) is 0 Å². The Kier molecular flexibility index (Phi) is 38.9. The van der Waals surface area contributed by atoms with Crippen molar-refractivity contribution in [3.8, 4) is 0 Å². The third-order valence-corrected chi connectivity index (χ3v) is 16.9. The molecule has 408 valence electrons. The zero-order valence-electron chi connectivity index (χ0n) is 47.0. The van der Waals surface area contributed by atoms with Crippen LogP contribution in [0.2, 0.25) is 0 Å². The molecule has 0 radical (unpaired) electrons. The third kappa shape index (κ3) is 29.4. The fourth-order valence-electron chi connectivity index (χ4n) is 10.6. The normalized spacial score (nSPS) is 11.8. The van der Waals surface area contributed by atoms with Crippen LogP contribution in [0.3, 0.4) is 0 Å². The van der Waals surface area contributed by atoms with E-state index < -0.39 is 20.2 Å². The Labute approximate surface area is 489 Å². The van der Waals surface area contributed by atoms with E-state index in [-0.39, 0.29) is 58.7 Å². The maximum absolute atomic E-state index is 12.3. The number of hydrogen-bond donors (Lipinski definition) is 0. The summed E-state index contributed by atoms with van der Waals surface area (Å²) >= 11 is 0. The van der Waals surface area contributed by atoms with E-state index in [0.717, 1.165) is 73.3 Å². The molecule has 4 rings (SSSR count). The van der Waals surface area contributed by atoms with Gasteiger partial charge >= 0.3 is 48.9 Å². The van der Waals surface area contributed by atoms with Gasteiger partial charge in [0.1, 0.15) is 20.2 Å². The summed E-state index contributed by atoms with van der Waals surface area (Å²) in [7, 11) is -9.06. The van der Waals surface area contributed by atoms with Crippen LogP contribution in [0, 0.1) is 0 Å². The zero-order chi connectivity index (χ0) is 52.1. The minimum atomic E-state index is -4.53. The molecule has 0 amide bonds. The van der Waals surface area contributed by atoms with Crippen LogP contribution in [0.25, 0.3) is 21.5 Å². The minimum Gasteiger partial charge on any atom is -0.744 e. The van der Waals surface area contributed by atoms with Crippen LogP contribution in [-0.4, -0.2) is 74.8 Å². The van der Waals surface area contributed by atoms with Crippen molar-refractivity contribution in [2.24, 2.45) is 0 Å². The number of aryl methyl sites for hydroxylation is 4. The number of fused-ring (bicyclic) bond motifs is 2. The second kappa shape index (κ2) is 41.8. The Bertz CT molecular complexity index is 2090. The molecule has 0 saturated heterocycles. The average molecular weight is 1170 g/mol. The topological polar surface area (TPSA) is 114 Å². The van der Waals surface area contributed by atoms with Gasteiger partial charge in [-0.2, -0.15) is 0 Å². The average Bonchev–Trinajstić information content (AvgIpc) is 3.35. The van der Waals surface area contributed by atoms with Crippen molar-refractivity contribution in [3.05, 3.63) is 82.9 Å². The standard InChI is InChI=1S/2C32H52O3S.Ba/c2*1-3-5-7-9-11-13-15-17-19-21-28-23-24-29-25-26-30(32(31(29)27-28)36(33,34)35)22-20-18-16-14-12-10-8-6-4-2;/h2*23-27H,3-22H2,1-2H3,(H,33,34,35);/q;;+2/p-2. The summed E-state index contributed by atoms with van der Waals surface area (Å²) in [5.41, 5.74) is 3.66. The van der Waals surface area contributed by atoms with Gasteiger partial charge in [0.25, 0.3) is 0 Å². The maximum Gasteiger partial charge on any atom is 2.00 e. The van der Waals surface area contributed by atoms with Gasteiger partial charge in [-0.25, -0.2) is 16.8 Å². The SMILES string of the molecule is CCCCCCCCCCCc1ccc2ccc(CCCCCCCCCCC)c(S(=O)(=O)[O-])c2c1.CCCCCCCCCCCc1ccc2ccc(CCCCCCCCCCC)c(S(=O)(=O)[O-])c2c1.[Ba+2]. The van der Waals surface area contributed by atoms with Crippen molar-refractivity contribution in [2.45, 2.75) is 294 Å². The van der Waals surface area contributed by atoms with Crippen LogP contribution in [0.4, 0.5) is 0 Å². The van der Waals surface area contributed by atoms with E-state index in [4.69, 9.17) is 0 Å². The Balaban J connectivity index is 0.000000493. The first-order valence-corrected chi connectivity index (χ1v) is 32.8. The van der Waals surface area contributed by atoms with Crippen LogP contribution < -0.4 is 0 Å². The molecule has 0 aliphatic carbocycles. The number of unbranched alkanes of at least 4 members (excludes halogenated alkanes) is 32. The van der Waals surface area contributed by atoms with E-state index in [1.165, 1.54) is 193 Å². The van der Waals surface area contributed by atoms with E-state index in [1.807, 2.05) is 48.5 Å². The molecule has 0 aromatic heterocycles. The number of benzene rings is 4. The predicted octanol–water partition coefficient (Wildman–Crippen LogP) is 19.4. The molecule has 73 heavy (non-hydrogen) atoms. The summed E-state index contributed by atoms with van der Waals surface area (Å²) in [6, 6.07) is 19.8. The molecule has 0 unspecified atom stereocenters. The Morgan fingerprint density at radius 3 is 0.767 bits per heavy atom. The van der Waals surface area contributed by atoms with Gasteiger partial charge in [-0.3, -0.25) is 0 Å². The van der Waals surface area contributed by atoms with Crippen molar-refractivity contribution >= 4 is 90.7 Å². The molecule has 0 saturated carbocycles. The monoisotopic (exact) mass is 1170 g/mol.